The number of likely N-dealkylation sites (tertiary alicyclic amines) is 1. The third-order valence-corrected chi connectivity index (χ3v) is 6.33. The number of benzene rings is 3. The molecule has 3 N–H and O–H groups in total. The highest BCUT2D eigenvalue weighted by molar-refractivity contribution is 6.05. The van der Waals surface area contributed by atoms with Gasteiger partial charge >= 0.3 is 6.18 Å². The number of nitrogens with zero attached hydrogens (tertiary/aromatic N) is 1. The second kappa shape index (κ2) is 12.5. The summed E-state index contributed by atoms with van der Waals surface area (Å²) in [6.45, 7) is 1.49. The van der Waals surface area contributed by atoms with Gasteiger partial charge in [0.05, 0.1) is 12.1 Å². The first kappa shape index (κ1) is 27.7. The topological polar surface area (TPSA) is 90.5 Å². The molecule has 0 atom stereocenters. The summed E-state index contributed by atoms with van der Waals surface area (Å²) < 4.78 is 38.8. The van der Waals surface area contributed by atoms with Crippen LogP contribution in [0.3, 0.4) is 0 Å². The van der Waals surface area contributed by atoms with E-state index in [1.54, 1.807) is 36.4 Å². The standard InChI is InChI=1S/C29H29F3N4O3/c30-29(31,32)22-8-6-10-25(18-22)35-27(38)21-7-5-9-24(17-21)34-26(37)19-33-23-13-11-20(12-14-23)28(39)36-15-3-1-2-4-16-36/h5-14,17-18,33H,1-4,15-16,19H2,(H,34,37)(H,35,38). The van der Waals surface area contributed by atoms with Crippen LogP contribution in [-0.2, 0) is 11.0 Å². The summed E-state index contributed by atoms with van der Waals surface area (Å²) in [5, 5.41) is 8.13. The van der Waals surface area contributed by atoms with E-state index in [2.05, 4.69) is 16.0 Å². The SMILES string of the molecule is O=C(CNc1ccc(C(=O)N2CCCCCC2)cc1)Nc1cccc(C(=O)Nc2cccc(C(F)(F)F)c2)c1. The van der Waals surface area contributed by atoms with Crippen molar-refractivity contribution in [3.8, 4) is 0 Å². The Morgan fingerprint density at radius 1 is 0.718 bits per heavy atom. The van der Waals surface area contributed by atoms with Crippen LogP contribution < -0.4 is 16.0 Å². The molecule has 10 heteroatoms. The van der Waals surface area contributed by atoms with Crippen molar-refractivity contribution >= 4 is 34.8 Å². The number of hydrogen-bond donors (Lipinski definition) is 3. The van der Waals surface area contributed by atoms with E-state index in [0.29, 0.717) is 16.9 Å². The van der Waals surface area contributed by atoms with E-state index in [1.807, 2.05) is 4.90 Å². The average molecular weight is 539 g/mol. The number of amides is 3. The molecule has 0 radical (unpaired) electrons. The number of carbonyl (C=O) groups is 3. The fraction of sp³-hybridized carbons (Fsp3) is 0.276. The smallest absolute Gasteiger partial charge is 0.376 e. The molecule has 7 nitrogen and oxygen atoms in total. The van der Waals surface area contributed by atoms with Crippen LogP contribution in [-0.4, -0.2) is 42.3 Å². The van der Waals surface area contributed by atoms with Gasteiger partial charge in [-0.05, 0) is 73.5 Å². The highest BCUT2D eigenvalue weighted by Crippen LogP contribution is 2.30. The Bertz CT molecular complexity index is 1320. The number of rotatable bonds is 7. The van der Waals surface area contributed by atoms with Crippen LogP contribution in [0.2, 0.25) is 0 Å². The highest BCUT2D eigenvalue weighted by Gasteiger charge is 2.30. The summed E-state index contributed by atoms with van der Waals surface area (Å²) in [6.07, 6.45) is -0.198. The Balaban J connectivity index is 1.29. The molecule has 0 bridgehead atoms. The van der Waals surface area contributed by atoms with Crippen molar-refractivity contribution in [1.29, 1.82) is 0 Å². The van der Waals surface area contributed by atoms with Crippen LogP contribution in [0.4, 0.5) is 30.2 Å². The molecule has 1 aliphatic rings. The molecule has 4 rings (SSSR count). The molecule has 0 unspecified atom stereocenters. The second-order valence-electron chi connectivity index (χ2n) is 9.30. The van der Waals surface area contributed by atoms with Crippen LogP contribution in [0, 0.1) is 0 Å². The molecule has 0 aliphatic carbocycles. The normalized spacial score (nSPS) is 13.8. The maximum atomic E-state index is 12.9. The fourth-order valence-corrected chi connectivity index (χ4v) is 4.29. The van der Waals surface area contributed by atoms with Crippen LogP contribution in [0.25, 0.3) is 0 Å². The van der Waals surface area contributed by atoms with E-state index in [1.165, 1.54) is 24.3 Å². The molecule has 1 fully saturated rings. The van der Waals surface area contributed by atoms with Gasteiger partial charge in [-0.25, -0.2) is 0 Å². The zero-order valence-corrected chi connectivity index (χ0v) is 21.2. The summed E-state index contributed by atoms with van der Waals surface area (Å²) in [4.78, 5) is 39.7. The van der Waals surface area contributed by atoms with Crippen molar-refractivity contribution < 1.29 is 27.6 Å². The van der Waals surface area contributed by atoms with E-state index in [-0.39, 0.29) is 29.6 Å². The van der Waals surface area contributed by atoms with Gasteiger partial charge < -0.3 is 20.9 Å². The summed E-state index contributed by atoms with van der Waals surface area (Å²) in [6, 6.07) is 17.4. The van der Waals surface area contributed by atoms with Crippen molar-refractivity contribution in [3.05, 3.63) is 89.5 Å². The lowest BCUT2D eigenvalue weighted by molar-refractivity contribution is -0.137. The van der Waals surface area contributed by atoms with E-state index >= 15 is 0 Å². The zero-order valence-electron chi connectivity index (χ0n) is 21.2. The number of carbonyl (C=O) groups excluding carboxylic acids is 3. The van der Waals surface area contributed by atoms with Gasteiger partial charge in [0, 0.05) is 41.3 Å². The van der Waals surface area contributed by atoms with Crippen LogP contribution in [0.1, 0.15) is 52.0 Å². The van der Waals surface area contributed by atoms with E-state index in [9.17, 15) is 27.6 Å². The molecule has 39 heavy (non-hydrogen) atoms. The zero-order chi connectivity index (χ0) is 27.8. The first-order valence-corrected chi connectivity index (χ1v) is 12.7. The van der Waals surface area contributed by atoms with E-state index in [0.717, 1.165) is 50.9 Å². The minimum absolute atomic E-state index is 0.00705. The van der Waals surface area contributed by atoms with E-state index < -0.39 is 17.6 Å². The molecular formula is C29H29F3N4O3. The van der Waals surface area contributed by atoms with Crippen LogP contribution >= 0.6 is 0 Å². The molecule has 204 valence electrons. The fourth-order valence-electron chi connectivity index (χ4n) is 4.29. The van der Waals surface area contributed by atoms with Crippen molar-refractivity contribution in [3.63, 3.8) is 0 Å². The maximum absolute atomic E-state index is 12.9. The van der Waals surface area contributed by atoms with Gasteiger partial charge in [0.2, 0.25) is 5.91 Å². The number of hydrogen-bond acceptors (Lipinski definition) is 4. The van der Waals surface area contributed by atoms with Gasteiger partial charge in [-0.3, -0.25) is 14.4 Å². The molecule has 3 aromatic carbocycles. The van der Waals surface area contributed by atoms with Crippen LogP contribution in [0.15, 0.2) is 72.8 Å². The predicted octanol–water partition coefficient (Wildman–Crippen LogP) is 6.02. The van der Waals surface area contributed by atoms with Gasteiger partial charge in [0.1, 0.15) is 0 Å². The third kappa shape index (κ3) is 7.83. The molecule has 0 spiro atoms. The largest absolute Gasteiger partial charge is 0.416 e. The number of anilines is 3. The van der Waals surface area contributed by atoms with Crippen molar-refractivity contribution in [1.82, 2.24) is 4.90 Å². The minimum atomic E-state index is -4.52. The molecule has 0 saturated carbocycles. The molecule has 1 heterocycles. The Labute approximate surface area is 224 Å². The monoisotopic (exact) mass is 538 g/mol. The average Bonchev–Trinajstić information content (AvgIpc) is 3.21. The summed E-state index contributed by atoms with van der Waals surface area (Å²) in [5.74, 6) is -0.966. The van der Waals surface area contributed by atoms with Crippen molar-refractivity contribution in [2.24, 2.45) is 0 Å². The molecule has 1 saturated heterocycles. The van der Waals surface area contributed by atoms with E-state index in [4.69, 9.17) is 0 Å². The molecular weight excluding hydrogens is 509 g/mol. The van der Waals surface area contributed by atoms with Gasteiger partial charge in [0.25, 0.3) is 11.8 Å². The van der Waals surface area contributed by atoms with Gasteiger partial charge in [-0.15, -0.1) is 0 Å². The van der Waals surface area contributed by atoms with Gasteiger partial charge in [0.15, 0.2) is 0 Å². The third-order valence-electron chi connectivity index (χ3n) is 6.33. The Kier molecular flexibility index (Phi) is 8.85. The first-order valence-electron chi connectivity index (χ1n) is 12.7. The lowest BCUT2D eigenvalue weighted by Gasteiger charge is -2.20. The van der Waals surface area contributed by atoms with Crippen LogP contribution in [0.5, 0.6) is 0 Å². The number of nitrogens with one attached hydrogen (secondary N) is 3. The Morgan fingerprint density at radius 3 is 2.03 bits per heavy atom. The van der Waals surface area contributed by atoms with Crippen molar-refractivity contribution in [2.75, 3.05) is 35.6 Å². The second-order valence-corrected chi connectivity index (χ2v) is 9.30. The van der Waals surface area contributed by atoms with Crippen molar-refractivity contribution in [2.45, 2.75) is 31.9 Å². The molecule has 3 amide bonds. The van der Waals surface area contributed by atoms with Gasteiger partial charge in [-0.2, -0.15) is 13.2 Å². The lowest BCUT2D eigenvalue weighted by Crippen LogP contribution is -2.31. The maximum Gasteiger partial charge on any atom is 0.416 e. The molecule has 1 aliphatic heterocycles. The Hall–Kier alpha value is -4.34. The van der Waals surface area contributed by atoms with Gasteiger partial charge in [-0.1, -0.05) is 25.0 Å². The Morgan fingerprint density at radius 2 is 1.36 bits per heavy atom. The lowest BCUT2D eigenvalue weighted by atomic mass is 10.1. The highest BCUT2D eigenvalue weighted by atomic mass is 19.4. The summed E-state index contributed by atoms with van der Waals surface area (Å²) in [5.41, 5.74) is 0.943. The quantitative estimate of drug-likeness (QED) is 0.343. The number of alkyl halides is 3. The minimum Gasteiger partial charge on any atom is -0.376 e. The summed E-state index contributed by atoms with van der Waals surface area (Å²) >= 11 is 0. The molecule has 3 aromatic rings. The summed E-state index contributed by atoms with van der Waals surface area (Å²) in [7, 11) is 0. The first-order chi connectivity index (χ1) is 18.7. The number of halogens is 3. The predicted molar refractivity (Wildman–Crippen MR) is 144 cm³/mol. The molecule has 0 aromatic heterocycles.